The average Bonchev–Trinajstić information content (AvgIpc) is 2.55. The zero-order valence-electron chi connectivity index (χ0n) is 15.7. The van der Waals surface area contributed by atoms with Crippen LogP contribution in [0.3, 0.4) is 0 Å². The van der Waals surface area contributed by atoms with Gasteiger partial charge in [-0.3, -0.25) is 0 Å². The summed E-state index contributed by atoms with van der Waals surface area (Å²) in [6.45, 7) is 13.6. The lowest BCUT2D eigenvalue weighted by molar-refractivity contribution is 0.223. The molecule has 0 radical (unpaired) electrons. The highest BCUT2D eigenvalue weighted by atomic mass is 28.4. The average molecular weight is 323 g/mol. The molecule has 0 spiro atoms. The summed E-state index contributed by atoms with van der Waals surface area (Å²) in [5.74, 6) is 0. The van der Waals surface area contributed by atoms with E-state index in [2.05, 4.69) is 65.8 Å². The number of hydrogen-bond acceptors (Lipinski definition) is 2. The molecule has 3 heteroatoms. The van der Waals surface area contributed by atoms with Gasteiger partial charge in [-0.15, -0.1) is 0 Å². The molecule has 0 aromatic heterocycles. The highest BCUT2D eigenvalue weighted by molar-refractivity contribution is 6.83. The monoisotopic (exact) mass is 322 g/mol. The van der Waals surface area contributed by atoms with E-state index in [4.69, 9.17) is 8.85 Å². The van der Waals surface area contributed by atoms with Crippen molar-refractivity contribution in [3.63, 3.8) is 0 Å². The van der Waals surface area contributed by atoms with Crippen LogP contribution in [-0.4, -0.2) is 22.8 Å². The Balaban J connectivity index is 3.47. The molecule has 1 rings (SSSR count). The number of benzene rings is 1. The highest BCUT2D eigenvalue weighted by Crippen LogP contribution is 2.41. The van der Waals surface area contributed by atoms with Crippen LogP contribution in [0.2, 0.25) is 5.04 Å². The smallest absolute Gasteiger partial charge is 0.377 e. The molecule has 1 aromatic carbocycles. The highest BCUT2D eigenvalue weighted by Gasteiger charge is 2.51. The Hall–Kier alpha value is -0.643. The summed E-state index contributed by atoms with van der Waals surface area (Å²) in [5.41, 5.74) is 1.61. The zero-order chi connectivity index (χ0) is 17.0. The normalized spacial score (nSPS) is 13.5. The van der Waals surface area contributed by atoms with E-state index in [-0.39, 0.29) is 10.5 Å². The van der Waals surface area contributed by atoms with Crippen LogP contribution in [0.5, 0.6) is 0 Å². The van der Waals surface area contributed by atoms with Crippen molar-refractivity contribution in [2.24, 2.45) is 0 Å². The van der Waals surface area contributed by atoms with Crippen LogP contribution in [0.1, 0.15) is 66.4 Å². The Bertz CT molecular complexity index is 474. The lowest BCUT2D eigenvalue weighted by Gasteiger charge is -2.41. The van der Waals surface area contributed by atoms with E-state index in [1.54, 1.807) is 14.2 Å². The van der Waals surface area contributed by atoms with Gasteiger partial charge in [0.15, 0.2) is 0 Å². The SMILES string of the molecule is CCC(C)(CC)c1cccc([Si](OC)(OC)C(C)(C)CC)c1. The van der Waals surface area contributed by atoms with Crippen molar-refractivity contribution in [3.05, 3.63) is 29.8 Å². The molecule has 0 atom stereocenters. The van der Waals surface area contributed by atoms with E-state index in [0.717, 1.165) is 19.3 Å². The Labute approximate surface area is 138 Å². The molecule has 0 N–H and O–H groups in total. The molecular weight excluding hydrogens is 288 g/mol. The minimum Gasteiger partial charge on any atom is -0.394 e. The van der Waals surface area contributed by atoms with Crippen LogP contribution < -0.4 is 5.19 Å². The summed E-state index contributed by atoms with van der Waals surface area (Å²) in [5, 5.41) is 1.26. The topological polar surface area (TPSA) is 18.5 Å². The van der Waals surface area contributed by atoms with Gasteiger partial charge < -0.3 is 8.85 Å². The molecular formula is C19H34O2Si. The third-order valence-electron chi connectivity index (χ3n) is 5.85. The third kappa shape index (κ3) is 3.17. The van der Waals surface area contributed by atoms with Crippen molar-refractivity contribution >= 4 is 13.7 Å². The first kappa shape index (κ1) is 19.4. The van der Waals surface area contributed by atoms with Crippen molar-refractivity contribution in [2.75, 3.05) is 14.2 Å². The lowest BCUT2D eigenvalue weighted by atomic mass is 9.78. The van der Waals surface area contributed by atoms with E-state index in [9.17, 15) is 0 Å². The second-order valence-corrected chi connectivity index (χ2v) is 11.1. The molecule has 0 saturated carbocycles. The number of rotatable bonds is 8. The second-order valence-electron chi connectivity index (χ2n) is 7.11. The van der Waals surface area contributed by atoms with Gasteiger partial charge in [0.25, 0.3) is 0 Å². The quantitative estimate of drug-likeness (QED) is 0.634. The van der Waals surface area contributed by atoms with Crippen molar-refractivity contribution in [3.8, 4) is 0 Å². The molecule has 0 aliphatic rings. The van der Waals surface area contributed by atoms with Crippen LogP contribution in [-0.2, 0) is 14.3 Å². The van der Waals surface area contributed by atoms with Gasteiger partial charge in [-0.2, -0.15) is 0 Å². The van der Waals surface area contributed by atoms with E-state index < -0.39 is 8.56 Å². The molecule has 1 aromatic rings. The van der Waals surface area contributed by atoms with Crippen LogP contribution in [0.4, 0.5) is 0 Å². The van der Waals surface area contributed by atoms with Gasteiger partial charge in [0.05, 0.1) is 0 Å². The number of hydrogen-bond donors (Lipinski definition) is 0. The maximum absolute atomic E-state index is 6.08. The molecule has 2 nitrogen and oxygen atoms in total. The first-order valence-electron chi connectivity index (χ1n) is 8.48. The van der Waals surface area contributed by atoms with E-state index in [0.29, 0.717) is 0 Å². The summed E-state index contributed by atoms with van der Waals surface area (Å²) >= 11 is 0. The molecule has 126 valence electrons. The van der Waals surface area contributed by atoms with Crippen molar-refractivity contribution in [2.45, 2.75) is 71.3 Å². The predicted molar refractivity (Wildman–Crippen MR) is 98.1 cm³/mol. The van der Waals surface area contributed by atoms with Gasteiger partial charge in [-0.05, 0) is 35.4 Å². The van der Waals surface area contributed by atoms with E-state index in [1.807, 2.05) is 0 Å². The van der Waals surface area contributed by atoms with Gasteiger partial charge in [0, 0.05) is 19.3 Å². The van der Waals surface area contributed by atoms with Gasteiger partial charge >= 0.3 is 8.56 Å². The van der Waals surface area contributed by atoms with Crippen molar-refractivity contribution in [1.82, 2.24) is 0 Å². The van der Waals surface area contributed by atoms with Crippen LogP contribution in [0, 0.1) is 0 Å². The second kappa shape index (κ2) is 7.29. The van der Waals surface area contributed by atoms with E-state index in [1.165, 1.54) is 10.8 Å². The zero-order valence-corrected chi connectivity index (χ0v) is 16.7. The fourth-order valence-electron chi connectivity index (χ4n) is 3.25. The molecule has 0 aliphatic heterocycles. The largest absolute Gasteiger partial charge is 0.394 e. The molecule has 0 aliphatic carbocycles. The Morgan fingerprint density at radius 3 is 1.86 bits per heavy atom. The minimum atomic E-state index is -2.48. The Morgan fingerprint density at radius 1 is 0.909 bits per heavy atom. The van der Waals surface area contributed by atoms with Crippen LogP contribution in [0.15, 0.2) is 24.3 Å². The van der Waals surface area contributed by atoms with Crippen LogP contribution in [0.25, 0.3) is 0 Å². The molecule has 0 heterocycles. The summed E-state index contributed by atoms with van der Waals surface area (Å²) in [7, 11) is 1.13. The molecule has 0 amide bonds. The summed E-state index contributed by atoms with van der Waals surface area (Å²) in [4.78, 5) is 0. The fraction of sp³-hybridized carbons (Fsp3) is 0.684. The molecule has 0 unspecified atom stereocenters. The fourth-order valence-corrected chi connectivity index (χ4v) is 6.90. The first-order chi connectivity index (χ1) is 10.3. The lowest BCUT2D eigenvalue weighted by Crippen LogP contribution is -2.60. The standard InChI is InChI=1S/C19H34O2Si/c1-9-18(4,5)22(20-7,21-8)17-14-12-13-16(15-17)19(6,10-2)11-3/h12-15H,9-11H2,1-8H3. The predicted octanol–water partition coefficient (Wildman–Crippen LogP) is 4.90. The molecule has 0 bridgehead atoms. The molecule has 0 fully saturated rings. The maximum atomic E-state index is 6.08. The minimum absolute atomic E-state index is 0.0178. The van der Waals surface area contributed by atoms with Crippen LogP contribution >= 0.6 is 0 Å². The van der Waals surface area contributed by atoms with Crippen molar-refractivity contribution in [1.29, 1.82) is 0 Å². The molecule has 22 heavy (non-hydrogen) atoms. The summed E-state index contributed by atoms with van der Waals surface area (Å²) in [6, 6.07) is 8.94. The summed E-state index contributed by atoms with van der Waals surface area (Å²) < 4.78 is 12.2. The van der Waals surface area contributed by atoms with E-state index >= 15 is 0 Å². The summed E-state index contributed by atoms with van der Waals surface area (Å²) in [6.07, 6.45) is 3.31. The van der Waals surface area contributed by atoms with Gasteiger partial charge in [0.2, 0.25) is 0 Å². The Morgan fingerprint density at radius 2 is 1.45 bits per heavy atom. The van der Waals surface area contributed by atoms with Crippen molar-refractivity contribution < 1.29 is 8.85 Å². The Kier molecular flexibility index (Phi) is 6.43. The maximum Gasteiger partial charge on any atom is 0.377 e. The molecule has 0 saturated heterocycles. The van der Waals surface area contributed by atoms with Gasteiger partial charge in [0.1, 0.15) is 0 Å². The van der Waals surface area contributed by atoms with Gasteiger partial charge in [-0.1, -0.05) is 65.8 Å². The third-order valence-corrected chi connectivity index (χ3v) is 10.2. The first-order valence-corrected chi connectivity index (χ1v) is 10.3. The van der Waals surface area contributed by atoms with Gasteiger partial charge in [-0.25, -0.2) is 0 Å².